The van der Waals surface area contributed by atoms with Crippen LogP contribution < -0.4 is 9.64 Å². The van der Waals surface area contributed by atoms with Crippen LogP contribution >= 0.6 is 0 Å². The Labute approximate surface area is 136 Å². The molecule has 3 rings (SSSR count). The van der Waals surface area contributed by atoms with Gasteiger partial charge in [-0.25, -0.2) is 9.97 Å². The summed E-state index contributed by atoms with van der Waals surface area (Å²) in [6.07, 6.45) is 3.52. The number of rotatable bonds is 4. The molecule has 1 saturated heterocycles. The maximum absolute atomic E-state index is 9.17. The Kier molecular flexibility index (Phi) is 4.69. The second-order valence-electron chi connectivity index (χ2n) is 5.45. The maximum Gasteiger partial charge on any atom is 0.212 e. The molecule has 6 heteroatoms. The third kappa shape index (κ3) is 3.58. The molecule has 0 aromatic carbocycles. The lowest BCUT2D eigenvalue weighted by Gasteiger charge is -2.36. The predicted octanol–water partition coefficient (Wildman–Crippen LogP) is 1.68. The Morgan fingerprint density at radius 1 is 1.17 bits per heavy atom. The first-order valence-electron chi connectivity index (χ1n) is 7.61. The molecule has 0 N–H and O–H groups in total. The number of methoxy groups -OCH3 is 1. The second-order valence-corrected chi connectivity index (χ2v) is 5.45. The van der Waals surface area contributed by atoms with Crippen LogP contribution in [0.25, 0.3) is 0 Å². The Morgan fingerprint density at radius 3 is 2.65 bits per heavy atom. The first kappa shape index (κ1) is 15.3. The van der Waals surface area contributed by atoms with Crippen LogP contribution in [0.1, 0.15) is 11.3 Å². The molecule has 1 fully saturated rings. The van der Waals surface area contributed by atoms with Crippen LogP contribution in [0.2, 0.25) is 0 Å². The van der Waals surface area contributed by atoms with Crippen molar-refractivity contribution < 1.29 is 4.74 Å². The van der Waals surface area contributed by atoms with Crippen LogP contribution in [0.3, 0.4) is 0 Å². The van der Waals surface area contributed by atoms with E-state index in [4.69, 9.17) is 4.74 Å². The van der Waals surface area contributed by atoms with Crippen LogP contribution in [0.5, 0.6) is 5.88 Å². The molecule has 0 atom stereocenters. The number of nitrogens with zero attached hydrogens (tertiary/aromatic N) is 5. The average Bonchev–Trinajstić information content (AvgIpc) is 2.63. The summed E-state index contributed by atoms with van der Waals surface area (Å²) in [5, 5.41) is 9.17. The zero-order chi connectivity index (χ0) is 16.1. The highest BCUT2D eigenvalue weighted by Crippen LogP contribution is 2.20. The number of aromatic nitrogens is 2. The average molecular weight is 309 g/mol. The molecule has 0 unspecified atom stereocenters. The van der Waals surface area contributed by atoms with Crippen molar-refractivity contribution in [3.05, 3.63) is 47.9 Å². The van der Waals surface area contributed by atoms with Crippen LogP contribution in [-0.2, 0) is 6.54 Å². The first-order chi connectivity index (χ1) is 11.3. The van der Waals surface area contributed by atoms with Crippen molar-refractivity contribution in [2.45, 2.75) is 6.54 Å². The number of ether oxygens (including phenoxy) is 1. The third-order valence-corrected chi connectivity index (χ3v) is 4.02. The van der Waals surface area contributed by atoms with E-state index in [0.717, 1.165) is 38.4 Å². The normalized spacial score (nSPS) is 15.2. The topological polar surface area (TPSA) is 65.3 Å². The van der Waals surface area contributed by atoms with E-state index < -0.39 is 0 Å². The maximum atomic E-state index is 9.17. The lowest BCUT2D eigenvalue weighted by Crippen LogP contribution is -2.46. The van der Waals surface area contributed by atoms with Gasteiger partial charge in [-0.1, -0.05) is 6.07 Å². The minimum absolute atomic E-state index is 0.500. The minimum atomic E-state index is 0.500. The molecule has 23 heavy (non-hydrogen) atoms. The molecule has 1 aliphatic heterocycles. The van der Waals surface area contributed by atoms with E-state index in [-0.39, 0.29) is 0 Å². The molecule has 0 amide bonds. The second kappa shape index (κ2) is 7.07. The molecule has 6 nitrogen and oxygen atoms in total. The van der Waals surface area contributed by atoms with Crippen LogP contribution in [-0.4, -0.2) is 48.2 Å². The lowest BCUT2D eigenvalue weighted by atomic mass is 10.2. The fourth-order valence-electron chi connectivity index (χ4n) is 2.77. The SMILES string of the molecule is COc1ccc(CN2CCN(c3cccnc3C#N)CC2)cn1. The van der Waals surface area contributed by atoms with Gasteiger partial charge in [0.25, 0.3) is 0 Å². The van der Waals surface area contributed by atoms with Gasteiger partial charge in [-0.3, -0.25) is 4.90 Å². The summed E-state index contributed by atoms with van der Waals surface area (Å²) in [5.41, 5.74) is 2.61. The standard InChI is InChI=1S/C17H19N5O/c1-23-17-5-4-14(12-20-17)13-21-7-9-22(10-8-21)16-3-2-6-19-15(16)11-18/h2-6,12H,7-10,13H2,1H3. The van der Waals surface area contributed by atoms with Gasteiger partial charge in [0, 0.05) is 51.2 Å². The van der Waals surface area contributed by atoms with Gasteiger partial charge in [0.05, 0.1) is 12.8 Å². The number of piperazine rings is 1. The Hall–Kier alpha value is -2.65. The third-order valence-electron chi connectivity index (χ3n) is 4.02. The largest absolute Gasteiger partial charge is 0.481 e. The summed E-state index contributed by atoms with van der Waals surface area (Å²) < 4.78 is 5.08. The van der Waals surface area contributed by atoms with E-state index >= 15 is 0 Å². The van der Waals surface area contributed by atoms with Crippen molar-refractivity contribution in [2.24, 2.45) is 0 Å². The molecule has 0 bridgehead atoms. The summed E-state index contributed by atoms with van der Waals surface area (Å²) in [6, 6.07) is 9.95. The minimum Gasteiger partial charge on any atom is -0.481 e. The summed E-state index contributed by atoms with van der Waals surface area (Å²) >= 11 is 0. The van der Waals surface area contributed by atoms with Gasteiger partial charge in [-0.15, -0.1) is 0 Å². The molecular weight excluding hydrogens is 290 g/mol. The quantitative estimate of drug-likeness (QED) is 0.856. The summed E-state index contributed by atoms with van der Waals surface area (Å²) in [5.74, 6) is 0.638. The van der Waals surface area contributed by atoms with E-state index in [0.29, 0.717) is 11.6 Å². The molecule has 0 saturated carbocycles. The van der Waals surface area contributed by atoms with Gasteiger partial charge in [-0.05, 0) is 17.7 Å². The number of pyridine rings is 2. The fourth-order valence-corrected chi connectivity index (χ4v) is 2.77. The Balaban J connectivity index is 1.59. The van der Waals surface area contributed by atoms with Gasteiger partial charge in [-0.2, -0.15) is 5.26 Å². The Morgan fingerprint density at radius 2 is 2.00 bits per heavy atom. The van der Waals surface area contributed by atoms with Crippen LogP contribution in [0.15, 0.2) is 36.7 Å². The van der Waals surface area contributed by atoms with Crippen molar-refractivity contribution in [3.8, 4) is 11.9 Å². The first-order valence-corrected chi connectivity index (χ1v) is 7.61. The number of hydrogen-bond acceptors (Lipinski definition) is 6. The summed E-state index contributed by atoms with van der Waals surface area (Å²) in [6.45, 7) is 4.56. The lowest BCUT2D eigenvalue weighted by molar-refractivity contribution is 0.249. The molecule has 0 spiro atoms. The van der Waals surface area contributed by atoms with Gasteiger partial charge >= 0.3 is 0 Å². The van der Waals surface area contributed by atoms with Crippen molar-refractivity contribution >= 4 is 5.69 Å². The fraction of sp³-hybridized carbons (Fsp3) is 0.353. The molecular formula is C17H19N5O. The van der Waals surface area contributed by atoms with Gasteiger partial charge in [0.2, 0.25) is 5.88 Å². The highest BCUT2D eigenvalue weighted by molar-refractivity contribution is 5.55. The highest BCUT2D eigenvalue weighted by atomic mass is 16.5. The molecule has 0 radical (unpaired) electrons. The van der Waals surface area contributed by atoms with Gasteiger partial charge in [0.15, 0.2) is 5.69 Å². The Bertz CT molecular complexity index is 687. The van der Waals surface area contributed by atoms with Crippen LogP contribution in [0, 0.1) is 11.3 Å². The predicted molar refractivity (Wildman–Crippen MR) is 87.2 cm³/mol. The van der Waals surface area contributed by atoms with Crippen LogP contribution in [0.4, 0.5) is 5.69 Å². The van der Waals surface area contributed by atoms with Gasteiger partial charge < -0.3 is 9.64 Å². The van der Waals surface area contributed by atoms with Crippen molar-refractivity contribution in [2.75, 3.05) is 38.2 Å². The van der Waals surface area contributed by atoms with E-state index in [1.54, 1.807) is 13.3 Å². The zero-order valence-electron chi connectivity index (χ0n) is 13.1. The number of nitriles is 1. The summed E-state index contributed by atoms with van der Waals surface area (Å²) in [7, 11) is 1.62. The van der Waals surface area contributed by atoms with E-state index in [1.165, 1.54) is 5.56 Å². The molecule has 0 aliphatic carbocycles. The molecule has 1 aliphatic rings. The van der Waals surface area contributed by atoms with Gasteiger partial charge in [0.1, 0.15) is 6.07 Å². The zero-order valence-corrected chi connectivity index (χ0v) is 13.1. The smallest absolute Gasteiger partial charge is 0.212 e. The molecule has 118 valence electrons. The monoisotopic (exact) mass is 309 g/mol. The number of hydrogen-bond donors (Lipinski definition) is 0. The molecule has 2 aromatic rings. The van der Waals surface area contributed by atoms with E-state index in [2.05, 4.69) is 25.8 Å². The van der Waals surface area contributed by atoms with Crippen molar-refractivity contribution in [1.29, 1.82) is 5.26 Å². The highest BCUT2D eigenvalue weighted by Gasteiger charge is 2.19. The summed E-state index contributed by atoms with van der Waals surface area (Å²) in [4.78, 5) is 13.0. The van der Waals surface area contributed by atoms with E-state index in [1.807, 2.05) is 30.5 Å². The van der Waals surface area contributed by atoms with Crippen molar-refractivity contribution in [1.82, 2.24) is 14.9 Å². The van der Waals surface area contributed by atoms with Crippen molar-refractivity contribution in [3.63, 3.8) is 0 Å². The number of anilines is 1. The molecule has 2 aromatic heterocycles. The van der Waals surface area contributed by atoms with E-state index in [9.17, 15) is 5.26 Å². The molecule has 3 heterocycles.